The number of aliphatic hydroxyl groups excluding tert-OH is 1. The number of rotatable bonds is 8. The molecule has 200 valence electrons. The minimum absolute atomic E-state index is 0.0168. The number of aryl methyl sites for hydroxylation is 1. The van der Waals surface area contributed by atoms with Gasteiger partial charge in [-0.05, 0) is 23.5 Å². The van der Waals surface area contributed by atoms with Gasteiger partial charge in [-0.3, -0.25) is 19.2 Å². The van der Waals surface area contributed by atoms with E-state index in [1.54, 1.807) is 37.6 Å². The molecule has 0 radical (unpaired) electrons. The molecule has 0 bridgehead atoms. The number of likely N-dealkylation sites (tertiary alicyclic amines) is 1. The highest BCUT2D eigenvalue weighted by atomic mass is 32.1. The highest BCUT2D eigenvalue weighted by Crippen LogP contribution is 2.28. The first-order chi connectivity index (χ1) is 17.3. The zero-order valence-electron chi connectivity index (χ0n) is 21.8. The summed E-state index contributed by atoms with van der Waals surface area (Å²) in [5.41, 5.74) is 9.50. The minimum Gasteiger partial charge on any atom is -0.391 e. The molecule has 0 aliphatic carbocycles. The summed E-state index contributed by atoms with van der Waals surface area (Å²) in [6.45, 7) is 8.61. The van der Waals surface area contributed by atoms with Gasteiger partial charge in [0.25, 0.3) is 0 Å². The van der Waals surface area contributed by atoms with Crippen molar-refractivity contribution in [1.82, 2.24) is 20.5 Å². The number of benzene rings is 1. The fourth-order valence-corrected chi connectivity index (χ4v) is 5.23. The molecule has 37 heavy (non-hydrogen) atoms. The Morgan fingerprint density at radius 1 is 1.19 bits per heavy atom. The molecule has 1 aliphatic heterocycles. The van der Waals surface area contributed by atoms with Crippen LogP contribution in [0, 0.1) is 12.3 Å². The Kier molecular flexibility index (Phi) is 8.70. The number of aromatic nitrogens is 1. The Bertz CT molecular complexity index is 1160. The Hall–Kier alpha value is -3.31. The number of β-amino-alcohol motifs (C(OH)–C–C–N with tert-alkyl or cyclic N) is 1. The molecule has 0 unspecified atom stereocenters. The van der Waals surface area contributed by atoms with Gasteiger partial charge in [-0.25, -0.2) is 4.98 Å². The zero-order valence-corrected chi connectivity index (χ0v) is 22.6. The van der Waals surface area contributed by atoms with Gasteiger partial charge in [0, 0.05) is 26.3 Å². The lowest BCUT2D eigenvalue weighted by Gasteiger charge is -2.35. The molecule has 10 nitrogen and oxygen atoms in total. The van der Waals surface area contributed by atoms with E-state index in [1.807, 2.05) is 31.2 Å². The van der Waals surface area contributed by atoms with Crippen LogP contribution in [0.2, 0.25) is 0 Å². The van der Waals surface area contributed by atoms with Crippen LogP contribution in [-0.2, 0) is 25.6 Å². The van der Waals surface area contributed by atoms with Gasteiger partial charge in [0.1, 0.15) is 18.1 Å². The second kappa shape index (κ2) is 11.4. The predicted octanol–water partition coefficient (Wildman–Crippen LogP) is 1.14. The number of nitrogens with zero attached hydrogens (tertiary/aromatic N) is 2. The third-order valence-corrected chi connectivity index (χ3v) is 7.36. The van der Waals surface area contributed by atoms with E-state index < -0.39 is 47.4 Å². The Morgan fingerprint density at radius 2 is 1.84 bits per heavy atom. The first kappa shape index (κ1) is 28.3. The summed E-state index contributed by atoms with van der Waals surface area (Å²) in [7, 11) is 0. The zero-order chi connectivity index (χ0) is 27.5. The number of hydrogen-bond acceptors (Lipinski definition) is 7. The van der Waals surface area contributed by atoms with E-state index in [4.69, 9.17) is 5.73 Å². The largest absolute Gasteiger partial charge is 0.391 e. The quantitative estimate of drug-likeness (QED) is 0.402. The number of aliphatic hydroxyl groups is 1. The normalized spacial score (nSPS) is 19.2. The molecular weight excluding hydrogens is 494 g/mol. The van der Waals surface area contributed by atoms with Gasteiger partial charge in [0.2, 0.25) is 23.6 Å². The molecule has 2 heterocycles. The highest BCUT2D eigenvalue weighted by molar-refractivity contribution is 7.13. The second-order valence-electron chi connectivity index (χ2n) is 10.5. The summed E-state index contributed by atoms with van der Waals surface area (Å²) >= 11 is 1.54. The standard InChI is InChI=1S/C26H35N5O5S/c1-14-21(37-13-28-14)17-8-6-16(7-9-17)10-19(23(27)34)30-24(35)20-11-18(33)12-31(20)25(36)22(26(3,4)5)29-15(2)32/h6-9,13,18-20,22,33H,10-12H2,1-5H3,(H2,27,34)(H,29,32)(H,30,35)/t18-,19-,20+,22-/m1/s1. The van der Waals surface area contributed by atoms with E-state index >= 15 is 0 Å². The van der Waals surface area contributed by atoms with Crippen LogP contribution < -0.4 is 16.4 Å². The summed E-state index contributed by atoms with van der Waals surface area (Å²) in [5.74, 6) is -2.14. The number of nitrogens with two attached hydrogens (primary N) is 1. The predicted molar refractivity (Wildman–Crippen MR) is 140 cm³/mol. The number of hydrogen-bond donors (Lipinski definition) is 4. The van der Waals surface area contributed by atoms with Crippen LogP contribution >= 0.6 is 11.3 Å². The van der Waals surface area contributed by atoms with Gasteiger partial charge in [-0.2, -0.15) is 0 Å². The van der Waals surface area contributed by atoms with Crippen LogP contribution in [-0.4, -0.2) is 69.4 Å². The number of thiazole rings is 1. The summed E-state index contributed by atoms with van der Waals surface area (Å²) in [5, 5.41) is 15.6. The lowest BCUT2D eigenvalue weighted by Crippen LogP contribution is -2.58. The summed E-state index contributed by atoms with van der Waals surface area (Å²) in [6, 6.07) is 4.70. The van der Waals surface area contributed by atoms with E-state index in [1.165, 1.54) is 11.8 Å². The van der Waals surface area contributed by atoms with E-state index in [0.29, 0.717) is 0 Å². The molecule has 2 aromatic rings. The maximum Gasteiger partial charge on any atom is 0.246 e. The van der Waals surface area contributed by atoms with Crippen molar-refractivity contribution in [2.75, 3.05) is 6.54 Å². The first-order valence-electron chi connectivity index (χ1n) is 12.1. The van der Waals surface area contributed by atoms with Crippen molar-refractivity contribution in [3.05, 3.63) is 41.0 Å². The average molecular weight is 530 g/mol. The van der Waals surface area contributed by atoms with Crippen molar-refractivity contribution in [3.8, 4) is 10.4 Å². The molecule has 4 atom stereocenters. The molecule has 5 N–H and O–H groups in total. The van der Waals surface area contributed by atoms with Crippen molar-refractivity contribution < 1.29 is 24.3 Å². The number of amides is 4. The molecule has 1 aromatic carbocycles. The van der Waals surface area contributed by atoms with Gasteiger partial charge in [0.15, 0.2) is 0 Å². The molecule has 3 rings (SSSR count). The van der Waals surface area contributed by atoms with Crippen molar-refractivity contribution >= 4 is 35.0 Å². The van der Waals surface area contributed by atoms with Crippen LogP contribution in [0.25, 0.3) is 10.4 Å². The van der Waals surface area contributed by atoms with Crippen LogP contribution in [0.15, 0.2) is 29.8 Å². The van der Waals surface area contributed by atoms with Gasteiger partial charge < -0.3 is 26.4 Å². The van der Waals surface area contributed by atoms with Crippen molar-refractivity contribution in [2.24, 2.45) is 11.1 Å². The number of carbonyl (C=O) groups excluding carboxylic acids is 4. The number of carbonyl (C=O) groups is 4. The van der Waals surface area contributed by atoms with E-state index in [2.05, 4.69) is 15.6 Å². The summed E-state index contributed by atoms with van der Waals surface area (Å²) in [4.78, 5) is 57.2. The molecule has 0 spiro atoms. The Balaban J connectivity index is 1.74. The Labute approximate surface area is 220 Å². The first-order valence-corrected chi connectivity index (χ1v) is 13.0. The topological polar surface area (TPSA) is 155 Å². The smallest absolute Gasteiger partial charge is 0.246 e. The molecular formula is C26H35N5O5S. The van der Waals surface area contributed by atoms with Crippen LogP contribution in [0.1, 0.15) is 45.4 Å². The van der Waals surface area contributed by atoms with Crippen molar-refractivity contribution in [1.29, 1.82) is 0 Å². The van der Waals surface area contributed by atoms with Crippen LogP contribution in [0.5, 0.6) is 0 Å². The molecule has 1 fully saturated rings. The fourth-order valence-electron chi connectivity index (χ4n) is 4.42. The van der Waals surface area contributed by atoms with E-state index in [9.17, 15) is 24.3 Å². The van der Waals surface area contributed by atoms with E-state index in [0.717, 1.165) is 21.7 Å². The second-order valence-corrected chi connectivity index (χ2v) is 11.4. The number of nitrogens with one attached hydrogen (secondary N) is 2. The monoisotopic (exact) mass is 529 g/mol. The van der Waals surface area contributed by atoms with Gasteiger partial charge >= 0.3 is 0 Å². The van der Waals surface area contributed by atoms with Crippen LogP contribution in [0.3, 0.4) is 0 Å². The summed E-state index contributed by atoms with van der Waals surface area (Å²) < 4.78 is 0. The maximum atomic E-state index is 13.4. The molecule has 1 aliphatic rings. The third-order valence-electron chi connectivity index (χ3n) is 6.39. The van der Waals surface area contributed by atoms with Gasteiger partial charge in [0.05, 0.1) is 22.2 Å². The molecule has 1 aromatic heterocycles. The highest BCUT2D eigenvalue weighted by Gasteiger charge is 2.44. The van der Waals surface area contributed by atoms with Crippen LogP contribution in [0.4, 0.5) is 0 Å². The minimum atomic E-state index is -1.01. The van der Waals surface area contributed by atoms with E-state index in [-0.39, 0.29) is 25.3 Å². The molecule has 11 heteroatoms. The van der Waals surface area contributed by atoms with Crippen molar-refractivity contribution in [2.45, 2.75) is 71.7 Å². The maximum absolute atomic E-state index is 13.4. The lowest BCUT2D eigenvalue weighted by molar-refractivity contribution is -0.144. The van der Waals surface area contributed by atoms with Gasteiger partial charge in [-0.15, -0.1) is 11.3 Å². The molecule has 4 amide bonds. The lowest BCUT2D eigenvalue weighted by atomic mass is 9.85. The SMILES string of the molecule is CC(=O)N[C@H](C(=O)N1C[C@H](O)C[C@H]1C(=O)N[C@H](Cc1ccc(-c2scnc2C)cc1)C(N)=O)C(C)(C)C. The fraction of sp³-hybridized carbons (Fsp3) is 0.500. The van der Waals surface area contributed by atoms with Gasteiger partial charge in [-0.1, -0.05) is 45.0 Å². The Morgan fingerprint density at radius 3 is 2.35 bits per heavy atom. The number of primary amides is 1. The molecule has 1 saturated heterocycles. The molecule has 0 saturated carbocycles. The average Bonchev–Trinajstić information content (AvgIpc) is 3.41. The summed E-state index contributed by atoms with van der Waals surface area (Å²) in [6.07, 6.45) is -0.724. The third kappa shape index (κ3) is 6.92. The van der Waals surface area contributed by atoms with Crippen molar-refractivity contribution in [3.63, 3.8) is 0 Å².